The van der Waals surface area contributed by atoms with Crippen LogP contribution in [0, 0.1) is 5.92 Å². The zero-order valence-corrected chi connectivity index (χ0v) is 11.5. The summed E-state index contributed by atoms with van der Waals surface area (Å²) in [5, 5.41) is 2.96. The Morgan fingerprint density at radius 3 is 2.41 bits per heavy atom. The third kappa shape index (κ3) is 4.64. The second kappa shape index (κ2) is 6.97. The standard InChI is InChI=1S/C13H26N2O2/c1-10(2)15-7-5-12(6-8-15)13(16)14-9-11(3)17-4/h10-12H,5-9H2,1-4H3,(H,14,16). The van der Waals surface area contributed by atoms with Crippen LogP contribution in [0.2, 0.25) is 0 Å². The number of nitrogens with one attached hydrogen (secondary N) is 1. The highest BCUT2D eigenvalue weighted by Crippen LogP contribution is 2.18. The number of carbonyl (C=O) groups excluding carboxylic acids is 1. The minimum atomic E-state index is 0.0923. The molecule has 0 aromatic carbocycles. The molecule has 1 aliphatic heterocycles. The van der Waals surface area contributed by atoms with Crippen LogP contribution in [-0.4, -0.2) is 49.7 Å². The van der Waals surface area contributed by atoms with Crippen LogP contribution in [0.5, 0.6) is 0 Å². The second-order valence-electron chi connectivity index (χ2n) is 5.20. The summed E-state index contributed by atoms with van der Waals surface area (Å²) < 4.78 is 5.11. The first-order valence-corrected chi connectivity index (χ1v) is 6.59. The highest BCUT2D eigenvalue weighted by Gasteiger charge is 2.25. The van der Waals surface area contributed by atoms with Crippen molar-refractivity contribution >= 4 is 5.91 Å². The molecular weight excluding hydrogens is 216 g/mol. The van der Waals surface area contributed by atoms with E-state index in [1.807, 2.05) is 6.92 Å². The van der Waals surface area contributed by atoms with Gasteiger partial charge in [-0.15, -0.1) is 0 Å². The van der Waals surface area contributed by atoms with Gasteiger partial charge in [0, 0.05) is 25.6 Å². The molecule has 1 aliphatic rings. The van der Waals surface area contributed by atoms with E-state index >= 15 is 0 Å². The molecule has 100 valence electrons. The number of amides is 1. The maximum atomic E-state index is 11.9. The molecule has 0 aromatic heterocycles. The summed E-state index contributed by atoms with van der Waals surface area (Å²) in [6.07, 6.45) is 2.05. The van der Waals surface area contributed by atoms with Gasteiger partial charge in [0.15, 0.2) is 0 Å². The molecule has 1 heterocycles. The maximum absolute atomic E-state index is 11.9. The fourth-order valence-electron chi connectivity index (χ4n) is 2.15. The number of carbonyl (C=O) groups is 1. The smallest absolute Gasteiger partial charge is 0.223 e. The van der Waals surface area contributed by atoms with Crippen molar-refractivity contribution in [1.82, 2.24) is 10.2 Å². The van der Waals surface area contributed by atoms with Gasteiger partial charge in [-0.25, -0.2) is 0 Å². The average Bonchev–Trinajstić information content (AvgIpc) is 2.35. The Labute approximate surface area is 105 Å². The molecule has 17 heavy (non-hydrogen) atoms. The lowest BCUT2D eigenvalue weighted by molar-refractivity contribution is -0.127. The number of methoxy groups -OCH3 is 1. The highest BCUT2D eigenvalue weighted by atomic mass is 16.5. The fourth-order valence-corrected chi connectivity index (χ4v) is 2.15. The van der Waals surface area contributed by atoms with E-state index in [1.165, 1.54) is 0 Å². The van der Waals surface area contributed by atoms with Crippen LogP contribution in [-0.2, 0) is 9.53 Å². The monoisotopic (exact) mass is 242 g/mol. The summed E-state index contributed by atoms with van der Waals surface area (Å²) in [6, 6.07) is 0.590. The highest BCUT2D eigenvalue weighted by molar-refractivity contribution is 5.78. The predicted molar refractivity (Wildman–Crippen MR) is 68.9 cm³/mol. The first-order chi connectivity index (χ1) is 8.04. The lowest BCUT2D eigenvalue weighted by Crippen LogP contribution is -2.44. The largest absolute Gasteiger partial charge is 0.380 e. The van der Waals surface area contributed by atoms with E-state index in [4.69, 9.17) is 4.74 Å². The van der Waals surface area contributed by atoms with Gasteiger partial charge in [0.25, 0.3) is 0 Å². The van der Waals surface area contributed by atoms with Crippen molar-refractivity contribution in [2.45, 2.75) is 45.8 Å². The summed E-state index contributed by atoms with van der Waals surface area (Å²) in [5.74, 6) is 0.381. The SMILES string of the molecule is COC(C)CNC(=O)C1CCN(C(C)C)CC1. The topological polar surface area (TPSA) is 41.6 Å². The lowest BCUT2D eigenvalue weighted by atomic mass is 9.95. The zero-order chi connectivity index (χ0) is 12.8. The molecule has 1 unspecified atom stereocenters. The Balaban J connectivity index is 2.26. The van der Waals surface area contributed by atoms with Gasteiger partial charge in [0.05, 0.1) is 6.10 Å². The number of rotatable bonds is 5. The number of ether oxygens (including phenoxy) is 1. The van der Waals surface area contributed by atoms with Gasteiger partial charge >= 0.3 is 0 Å². The van der Waals surface area contributed by atoms with Gasteiger partial charge in [-0.05, 0) is 46.7 Å². The van der Waals surface area contributed by atoms with Crippen LogP contribution in [0.15, 0.2) is 0 Å². The maximum Gasteiger partial charge on any atom is 0.223 e. The van der Waals surface area contributed by atoms with E-state index in [2.05, 4.69) is 24.1 Å². The van der Waals surface area contributed by atoms with Gasteiger partial charge in [-0.2, -0.15) is 0 Å². The zero-order valence-electron chi connectivity index (χ0n) is 11.5. The number of likely N-dealkylation sites (tertiary alicyclic amines) is 1. The number of hydrogen-bond acceptors (Lipinski definition) is 3. The van der Waals surface area contributed by atoms with Crippen molar-refractivity contribution in [1.29, 1.82) is 0 Å². The summed E-state index contributed by atoms with van der Waals surface area (Å²) in [5.41, 5.74) is 0. The molecular formula is C13H26N2O2. The van der Waals surface area contributed by atoms with Crippen molar-refractivity contribution in [2.24, 2.45) is 5.92 Å². The summed E-state index contributed by atoms with van der Waals surface area (Å²) >= 11 is 0. The molecule has 1 amide bonds. The molecule has 4 heteroatoms. The average molecular weight is 242 g/mol. The van der Waals surface area contributed by atoms with Crippen LogP contribution in [0.1, 0.15) is 33.6 Å². The molecule has 0 spiro atoms. The predicted octanol–water partition coefficient (Wildman–Crippen LogP) is 1.26. The minimum absolute atomic E-state index is 0.0923. The van der Waals surface area contributed by atoms with Crippen molar-refractivity contribution in [2.75, 3.05) is 26.7 Å². The van der Waals surface area contributed by atoms with E-state index in [0.29, 0.717) is 12.6 Å². The van der Waals surface area contributed by atoms with Gasteiger partial charge in [0.1, 0.15) is 0 Å². The molecule has 0 saturated carbocycles. The van der Waals surface area contributed by atoms with Crippen molar-refractivity contribution in [3.8, 4) is 0 Å². The molecule has 1 fully saturated rings. The van der Waals surface area contributed by atoms with Crippen molar-refractivity contribution < 1.29 is 9.53 Å². The Morgan fingerprint density at radius 2 is 1.94 bits per heavy atom. The molecule has 0 aliphatic carbocycles. The summed E-state index contributed by atoms with van der Waals surface area (Å²) in [6.45, 7) is 9.06. The number of hydrogen-bond donors (Lipinski definition) is 1. The Bertz CT molecular complexity index is 236. The minimum Gasteiger partial charge on any atom is -0.380 e. The summed E-state index contributed by atoms with van der Waals surface area (Å²) in [4.78, 5) is 14.3. The molecule has 0 aromatic rings. The quantitative estimate of drug-likeness (QED) is 0.789. The number of piperidine rings is 1. The van der Waals surface area contributed by atoms with Crippen molar-refractivity contribution in [3.05, 3.63) is 0 Å². The van der Waals surface area contributed by atoms with E-state index in [9.17, 15) is 4.79 Å². The second-order valence-corrected chi connectivity index (χ2v) is 5.20. The molecule has 1 saturated heterocycles. The third-order valence-corrected chi connectivity index (χ3v) is 3.60. The Morgan fingerprint density at radius 1 is 1.35 bits per heavy atom. The van der Waals surface area contributed by atoms with Gasteiger partial charge in [0.2, 0.25) is 5.91 Å². The van der Waals surface area contributed by atoms with E-state index in [0.717, 1.165) is 25.9 Å². The van der Waals surface area contributed by atoms with Crippen molar-refractivity contribution in [3.63, 3.8) is 0 Å². The molecule has 1 rings (SSSR count). The fraction of sp³-hybridized carbons (Fsp3) is 0.923. The van der Waals surface area contributed by atoms with Crippen LogP contribution >= 0.6 is 0 Å². The van der Waals surface area contributed by atoms with Crippen LogP contribution in [0.4, 0.5) is 0 Å². The van der Waals surface area contributed by atoms with Gasteiger partial charge in [-0.3, -0.25) is 4.79 Å². The number of nitrogens with zero attached hydrogens (tertiary/aromatic N) is 1. The molecule has 0 radical (unpaired) electrons. The summed E-state index contributed by atoms with van der Waals surface area (Å²) in [7, 11) is 1.66. The van der Waals surface area contributed by atoms with E-state index in [1.54, 1.807) is 7.11 Å². The first-order valence-electron chi connectivity index (χ1n) is 6.59. The first kappa shape index (κ1) is 14.5. The molecule has 1 atom stereocenters. The van der Waals surface area contributed by atoms with E-state index in [-0.39, 0.29) is 17.9 Å². The Kier molecular flexibility index (Phi) is 5.92. The van der Waals surface area contributed by atoms with Crippen LogP contribution < -0.4 is 5.32 Å². The Hall–Kier alpha value is -0.610. The van der Waals surface area contributed by atoms with Gasteiger partial charge in [-0.1, -0.05) is 0 Å². The van der Waals surface area contributed by atoms with Crippen LogP contribution in [0.3, 0.4) is 0 Å². The molecule has 4 nitrogen and oxygen atoms in total. The van der Waals surface area contributed by atoms with Crippen LogP contribution in [0.25, 0.3) is 0 Å². The molecule has 0 bridgehead atoms. The van der Waals surface area contributed by atoms with E-state index < -0.39 is 0 Å². The normalized spacial score (nSPS) is 20.5. The van der Waals surface area contributed by atoms with Gasteiger partial charge < -0.3 is 15.0 Å². The molecule has 1 N–H and O–H groups in total. The lowest BCUT2D eigenvalue weighted by Gasteiger charge is -2.34. The third-order valence-electron chi connectivity index (χ3n) is 3.60.